The Morgan fingerprint density at radius 3 is 1.61 bits per heavy atom. The van der Waals surface area contributed by atoms with Crippen molar-refractivity contribution < 1.29 is 55.5 Å². The van der Waals surface area contributed by atoms with Crippen molar-refractivity contribution in [3.05, 3.63) is 166 Å². The minimum atomic E-state index is -4.75. The number of phenolic OH excluding ortho intramolecular Hbond substituents is 1. The van der Waals surface area contributed by atoms with Crippen LogP contribution in [0, 0.1) is 13.8 Å². The molecule has 0 atom stereocenters. The minimum Gasteiger partial charge on any atom is -0.871 e. The SMILES string of the molecule is CCOc1ccccc1N=C([O-])c1cc2ccccc2c(N=Nc2cc(C)cc(Cl)c2S(=O)(=O)O)c1[O-].CCOc1ccccc1NC(=O)c1cc2ccccc2c(N=Nc2cc(C)cc(Cl)c2S(=O)(=O)O)c1O.[Ca+2]. The summed E-state index contributed by atoms with van der Waals surface area (Å²) in [6, 6.07) is 35.5. The average Bonchev–Trinajstić information content (AvgIpc) is 3.33. The molecule has 8 aromatic rings. The molecule has 8 aromatic carbocycles. The van der Waals surface area contributed by atoms with E-state index in [0.29, 0.717) is 63.1 Å². The zero-order valence-electron chi connectivity index (χ0n) is 40.1. The maximum atomic E-state index is 13.4. The molecule has 0 aliphatic heterocycles. The van der Waals surface area contributed by atoms with E-state index in [-0.39, 0.29) is 87.3 Å². The Hall–Kier alpha value is -6.72. The number of nitrogens with zero attached hydrogens (tertiary/aromatic N) is 5. The van der Waals surface area contributed by atoms with Crippen LogP contribution in [0.3, 0.4) is 0 Å². The van der Waals surface area contributed by atoms with Crippen LogP contribution in [0.5, 0.6) is 23.0 Å². The maximum Gasteiger partial charge on any atom is 2.00 e. The number of nitrogens with one attached hydrogen (secondary N) is 1. The Kier molecular flexibility index (Phi) is 19.0. The number of halogens is 2. The summed E-state index contributed by atoms with van der Waals surface area (Å²) in [6.07, 6.45) is 0. The van der Waals surface area contributed by atoms with Crippen LogP contribution in [0.15, 0.2) is 169 Å². The van der Waals surface area contributed by atoms with Crippen LogP contribution in [0.1, 0.15) is 40.9 Å². The zero-order chi connectivity index (χ0) is 53.5. The molecule has 0 radical (unpaired) electrons. The Labute approximate surface area is 470 Å². The number of phenols is 1. The van der Waals surface area contributed by atoms with Gasteiger partial charge in [-0.2, -0.15) is 21.9 Å². The molecule has 0 heterocycles. The van der Waals surface area contributed by atoms with Gasteiger partial charge in [-0.1, -0.05) is 102 Å². The van der Waals surface area contributed by atoms with Crippen molar-refractivity contribution >= 4 is 149 Å². The summed E-state index contributed by atoms with van der Waals surface area (Å²) < 4.78 is 78.0. The molecule has 0 aromatic heterocycles. The summed E-state index contributed by atoms with van der Waals surface area (Å²) in [4.78, 5) is 16.0. The summed E-state index contributed by atoms with van der Waals surface area (Å²) in [6.45, 7) is 7.68. The predicted octanol–water partition coefficient (Wildman–Crippen LogP) is 11.8. The van der Waals surface area contributed by atoms with Gasteiger partial charge in [-0.25, -0.2) is 0 Å². The van der Waals surface area contributed by atoms with E-state index < -0.39 is 53.3 Å². The summed E-state index contributed by atoms with van der Waals surface area (Å²) in [5.74, 6) is -1.80. The molecular weight excluding hydrogens is 1080 g/mol. The van der Waals surface area contributed by atoms with E-state index in [1.54, 1.807) is 118 Å². The Balaban J connectivity index is 0.000000241. The molecule has 23 heteroatoms. The number of rotatable bonds is 14. The Bertz CT molecular complexity index is 3830. The van der Waals surface area contributed by atoms with Gasteiger partial charge in [-0.15, -0.1) is 15.3 Å². The van der Waals surface area contributed by atoms with Crippen LogP contribution in [0.4, 0.5) is 34.1 Å². The second kappa shape index (κ2) is 24.7. The van der Waals surface area contributed by atoms with Gasteiger partial charge < -0.3 is 30.1 Å². The fraction of sp³-hybridized carbons (Fsp3) is 0.115. The first-order valence-corrected chi connectivity index (χ1v) is 25.7. The summed E-state index contributed by atoms with van der Waals surface area (Å²) in [5.41, 5.74) is 0.700. The molecule has 0 saturated heterocycles. The van der Waals surface area contributed by atoms with Crippen molar-refractivity contribution in [2.75, 3.05) is 18.5 Å². The molecule has 75 heavy (non-hydrogen) atoms. The van der Waals surface area contributed by atoms with Crippen molar-refractivity contribution in [3.63, 3.8) is 0 Å². The largest absolute Gasteiger partial charge is 2.00 e. The number of anilines is 1. The summed E-state index contributed by atoms with van der Waals surface area (Å²) in [5, 5.41) is 57.8. The fourth-order valence-electron chi connectivity index (χ4n) is 7.49. The van der Waals surface area contributed by atoms with Crippen LogP contribution in [0.2, 0.25) is 10.0 Å². The minimum absolute atomic E-state index is 0. The van der Waals surface area contributed by atoms with Gasteiger partial charge in [-0.3, -0.25) is 18.9 Å². The third kappa shape index (κ3) is 13.6. The van der Waals surface area contributed by atoms with Crippen molar-refractivity contribution in [2.45, 2.75) is 37.5 Å². The van der Waals surface area contributed by atoms with E-state index in [1.807, 2.05) is 6.92 Å². The number of azo groups is 2. The smallest absolute Gasteiger partial charge is 0.871 e. The monoisotopic (exact) mass is 1120 g/mol. The molecule has 0 spiro atoms. The van der Waals surface area contributed by atoms with E-state index in [0.717, 1.165) is 0 Å². The van der Waals surface area contributed by atoms with Gasteiger partial charge in [0, 0.05) is 10.8 Å². The number of hydrogen-bond acceptors (Lipinski definition) is 15. The Morgan fingerprint density at radius 1 is 0.613 bits per heavy atom. The fourth-order valence-corrected chi connectivity index (χ4v) is 9.95. The molecule has 18 nitrogen and oxygen atoms in total. The first-order chi connectivity index (χ1) is 35.2. The normalized spacial score (nSPS) is 11.9. The second-order valence-electron chi connectivity index (χ2n) is 15.9. The van der Waals surface area contributed by atoms with Gasteiger partial charge in [0.15, 0.2) is 5.75 Å². The van der Waals surface area contributed by atoms with Gasteiger partial charge >= 0.3 is 37.7 Å². The molecule has 1 amide bonds. The third-order valence-corrected chi connectivity index (χ3v) is 13.3. The van der Waals surface area contributed by atoms with Crippen LogP contribution in [-0.2, 0) is 20.2 Å². The van der Waals surface area contributed by atoms with E-state index in [1.165, 1.54) is 36.4 Å². The van der Waals surface area contributed by atoms with Crippen molar-refractivity contribution in [1.82, 2.24) is 0 Å². The van der Waals surface area contributed by atoms with E-state index in [4.69, 9.17) is 32.7 Å². The molecule has 0 unspecified atom stereocenters. The number of carbonyl (C=O) groups excluding carboxylic acids is 1. The van der Waals surface area contributed by atoms with Gasteiger partial charge in [0.1, 0.15) is 44.0 Å². The third-order valence-electron chi connectivity index (χ3n) is 10.6. The Morgan fingerprint density at radius 2 is 1.07 bits per heavy atom. The molecule has 0 aliphatic carbocycles. The van der Waals surface area contributed by atoms with Crippen molar-refractivity contribution in [1.29, 1.82) is 0 Å². The maximum absolute atomic E-state index is 13.4. The number of aliphatic imine (C=N–C) groups is 1. The number of carbonyl (C=O) groups is 1. The van der Waals surface area contributed by atoms with Crippen LogP contribution < -0.4 is 25.0 Å². The summed E-state index contributed by atoms with van der Waals surface area (Å²) in [7, 11) is -9.47. The van der Waals surface area contributed by atoms with Crippen molar-refractivity contribution in [3.8, 4) is 23.0 Å². The first kappa shape index (κ1) is 57.6. The molecule has 0 fully saturated rings. The molecule has 0 saturated carbocycles. The zero-order valence-corrected chi connectivity index (χ0v) is 45.5. The van der Waals surface area contributed by atoms with Crippen LogP contribution in [-0.4, -0.2) is 93.8 Å². The topological polar surface area (TPSA) is 284 Å². The number of benzene rings is 8. The number of hydrogen-bond donors (Lipinski definition) is 4. The number of aromatic hydroxyl groups is 1. The van der Waals surface area contributed by atoms with E-state index >= 15 is 0 Å². The van der Waals surface area contributed by atoms with Gasteiger partial charge in [0.05, 0.1) is 40.2 Å². The van der Waals surface area contributed by atoms with Crippen molar-refractivity contribution in [2.24, 2.45) is 25.4 Å². The van der Waals surface area contributed by atoms with E-state index in [2.05, 4.69) is 30.8 Å². The number of para-hydroxylation sites is 4. The predicted molar refractivity (Wildman–Crippen MR) is 284 cm³/mol. The summed E-state index contributed by atoms with van der Waals surface area (Å²) >= 11 is 12.1. The van der Waals surface area contributed by atoms with Crippen LogP contribution >= 0.6 is 23.2 Å². The van der Waals surface area contributed by atoms with E-state index in [9.17, 15) is 46.1 Å². The number of aryl methyl sites for hydroxylation is 2. The van der Waals surface area contributed by atoms with Gasteiger partial charge in [-0.05, 0) is 122 Å². The second-order valence-corrected chi connectivity index (χ2v) is 19.4. The molecule has 4 N–H and O–H groups in total. The van der Waals surface area contributed by atoms with Gasteiger partial charge in [0.2, 0.25) is 0 Å². The molecular formula is C52H42CaCl2N6O12S2. The standard InChI is InChI=1S/2C26H22ClN3O6S.Ca/c2*1-3-36-22-11-7-6-10-20(22)28-26(32)18-14-16-8-4-5-9-17(16)23(24(18)31)30-29-21-13-15(2)12-19(27)25(21)37(33,34)35;/h2*4-14,31H,3H2,1-2H3,(H,28,32)(H,33,34,35);/q;;+2/p-2. The number of ether oxygens (including phenoxy) is 2. The molecule has 0 bridgehead atoms. The average molecular weight is 1120 g/mol. The first-order valence-electron chi connectivity index (χ1n) is 22.1. The number of amides is 1. The molecule has 8 rings (SSSR count). The number of fused-ring (bicyclic) bond motifs is 2. The quantitative estimate of drug-likeness (QED) is 0.0260. The molecule has 380 valence electrons. The van der Waals surface area contributed by atoms with Gasteiger partial charge in [0.25, 0.3) is 26.1 Å². The van der Waals surface area contributed by atoms with Crippen LogP contribution in [0.25, 0.3) is 21.5 Å². The molecule has 0 aliphatic rings.